The molecular weight excluding hydrogens is 292 g/mol. The number of rotatable bonds is 5. The summed E-state index contributed by atoms with van der Waals surface area (Å²) in [5, 5.41) is 6.26. The second kappa shape index (κ2) is 6.65. The molecule has 1 amide bonds. The molecular formula is C15H17F2N3O2. The Hall–Kier alpha value is -2.28. The van der Waals surface area contributed by atoms with Crippen molar-refractivity contribution in [2.45, 2.75) is 26.4 Å². The number of amides is 1. The van der Waals surface area contributed by atoms with Crippen molar-refractivity contribution in [1.29, 1.82) is 0 Å². The van der Waals surface area contributed by atoms with Gasteiger partial charge >= 0.3 is 0 Å². The van der Waals surface area contributed by atoms with Gasteiger partial charge in [-0.2, -0.15) is 0 Å². The molecule has 0 aliphatic rings. The van der Waals surface area contributed by atoms with Crippen LogP contribution >= 0.6 is 0 Å². The second-order valence-electron chi connectivity index (χ2n) is 5.15. The minimum absolute atomic E-state index is 0.177. The molecule has 0 spiro atoms. The Morgan fingerprint density at radius 2 is 2.14 bits per heavy atom. The van der Waals surface area contributed by atoms with Gasteiger partial charge in [0, 0.05) is 24.2 Å². The average Bonchev–Trinajstić information content (AvgIpc) is 2.86. The fourth-order valence-electron chi connectivity index (χ4n) is 1.90. The van der Waals surface area contributed by atoms with E-state index in [1.54, 1.807) is 31.9 Å². The van der Waals surface area contributed by atoms with Crippen molar-refractivity contribution in [1.82, 2.24) is 10.1 Å². The maximum Gasteiger partial charge on any atom is 0.243 e. The Morgan fingerprint density at radius 3 is 2.73 bits per heavy atom. The lowest BCUT2D eigenvalue weighted by Crippen LogP contribution is -2.39. The fourth-order valence-corrected chi connectivity index (χ4v) is 1.90. The lowest BCUT2D eigenvalue weighted by molar-refractivity contribution is -0.120. The number of carbonyl (C=O) groups excluding carboxylic acids is 1. The number of aromatic nitrogens is 1. The van der Waals surface area contributed by atoms with Gasteiger partial charge in [-0.25, -0.2) is 8.78 Å². The van der Waals surface area contributed by atoms with Crippen molar-refractivity contribution < 1.29 is 18.1 Å². The fraction of sp³-hybridized carbons (Fsp3) is 0.333. The molecule has 2 rings (SSSR count). The molecule has 22 heavy (non-hydrogen) atoms. The van der Waals surface area contributed by atoms with Gasteiger partial charge in [0.05, 0.1) is 11.7 Å². The second-order valence-corrected chi connectivity index (χ2v) is 5.15. The lowest BCUT2D eigenvalue weighted by atomic mass is 10.1. The van der Waals surface area contributed by atoms with E-state index >= 15 is 0 Å². The van der Waals surface area contributed by atoms with Gasteiger partial charge in [-0.3, -0.25) is 15.0 Å². The summed E-state index contributed by atoms with van der Waals surface area (Å²) in [5.41, 5.74) is 0.976. The first-order chi connectivity index (χ1) is 10.4. The van der Waals surface area contributed by atoms with Gasteiger partial charge in [-0.15, -0.1) is 0 Å². The van der Waals surface area contributed by atoms with Gasteiger partial charge < -0.3 is 4.52 Å². The minimum Gasteiger partial charge on any atom is -0.338 e. The van der Waals surface area contributed by atoms with Crippen LogP contribution < -0.4 is 5.32 Å². The SMILES string of the molecule is Cc1cc(NC(=O)C(C)N(C)Cc2ccc(F)cc2F)on1. The molecule has 1 unspecified atom stereocenters. The van der Waals surface area contributed by atoms with Crippen LogP contribution in [0.25, 0.3) is 0 Å². The number of aryl methyl sites for hydroxylation is 1. The van der Waals surface area contributed by atoms with E-state index in [9.17, 15) is 13.6 Å². The van der Waals surface area contributed by atoms with Crippen LogP contribution in [0.2, 0.25) is 0 Å². The zero-order valence-corrected chi connectivity index (χ0v) is 12.6. The number of carbonyl (C=O) groups is 1. The summed E-state index contributed by atoms with van der Waals surface area (Å²) in [5.74, 6) is -1.31. The quantitative estimate of drug-likeness (QED) is 0.922. The summed E-state index contributed by atoms with van der Waals surface area (Å²) in [6.07, 6.45) is 0. The summed E-state index contributed by atoms with van der Waals surface area (Å²) in [7, 11) is 1.68. The normalized spacial score (nSPS) is 12.5. The molecule has 0 radical (unpaired) electrons. The highest BCUT2D eigenvalue weighted by Gasteiger charge is 2.20. The standard InChI is InChI=1S/C15H17F2N3O2/c1-9-6-14(22-19-9)18-15(21)10(2)20(3)8-11-4-5-12(16)7-13(11)17/h4-7,10H,8H2,1-3H3,(H,18,21). The summed E-state index contributed by atoms with van der Waals surface area (Å²) >= 11 is 0. The van der Waals surface area contributed by atoms with E-state index < -0.39 is 17.7 Å². The van der Waals surface area contributed by atoms with Gasteiger partial charge in [-0.1, -0.05) is 11.2 Å². The van der Waals surface area contributed by atoms with Crippen LogP contribution in [0.1, 0.15) is 18.2 Å². The predicted molar refractivity (Wildman–Crippen MR) is 77.2 cm³/mol. The number of nitrogens with zero attached hydrogens (tertiary/aromatic N) is 2. The molecule has 0 bridgehead atoms. The predicted octanol–water partition coefficient (Wildman–Crippen LogP) is 2.72. The van der Waals surface area contributed by atoms with Crippen molar-refractivity contribution in [2.24, 2.45) is 0 Å². The Morgan fingerprint density at radius 1 is 1.41 bits per heavy atom. The van der Waals surface area contributed by atoms with Crippen molar-refractivity contribution in [3.8, 4) is 0 Å². The first-order valence-electron chi connectivity index (χ1n) is 6.75. The number of likely N-dealkylation sites (N-methyl/N-ethyl adjacent to an activating group) is 1. The van der Waals surface area contributed by atoms with Crippen LogP contribution in [-0.4, -0.2) is 29.1 Å². The molecule has 5 nitrogen and oxygen atoms in total. The Labute approximate surface area is 126 Å². The van der Waals surface area contributed by atoms with Crippen molar-refractivity contribution in [2.75, 3.05) is 12.4 Å². The maximum atomic E-state index is 13.6. The highest BCUT2D eigenvalue weighted by Crippen LogP contribution is 2.14. The van der Waals surface area contributed by atoms with E-state index in [-0.39, 0.29) is 18.3 Å². The highest BCUT2D eigenvalue weighted by molar-refractivity contribution is 5.93. The van der Waals surface area contributed by atoms with Crippen molar-refractivity contribution >= 4 is 11.8 Å². The number of anilines is 1. The third-order valence-electron chi connectivity index (χ3n) is 3.35. The van der Waals surface area contributed by atoms with E-state index in [0.717, 1.165) is 6.07 Å². The maximum absolute atomic E-state index is 13.6. The Balaban J connectivity index is 1.98. The van der Waals surface area contributed by atoms with Gasteiger partial charge in [-0.05, 0) is 27.0 Å². The number of nitrogens with one attached hydrogen (secondary N) is 1. The van der Waals surface area contributed by atoms with E-state index in [0.29, 0.717) is 11.3 Å². The van der Waals surface area contributed by atoms with Crippen molar-refractivity contribution in [3.05, 3.63) is 47.2 Å². The lowest BCUT2D eigenvalue weighted by Gasteiger charge is -2.23. The average molecular weight is 309 g/mol. The van der Waals surface area contributed by atoms with Gasteiger partial charge in [0.15, 0.2) is 0 Å². The summed E-state index contributed by atoms with van der Waals surface area (Å²) in [4.78, 5) is 13.7. The van der Waals surface area contributed by atoms with Crippen LogP contribution in [0.3, 0.4) is 0 Å². The third-order valence-corrected chi connectivity index (χ3v) is 3.35. The van der Waals surface area contributed by atoms with E-state index in [2.05, 4.69) is 10.5 Å². The summed E-state index contributed by atoms with van der Waals surface area (Å²) in [6.45, 7) is 3.60. The van der Waals surface area contributed by atoms with Gasteiger partial charge in [0.25, 0.3) is 0 Å². The molecule has 1 aromatic heterocycles. The number of hydrogen-bond donors (Lipinski definition) is 1. The van der Waals surface area contributed by atoms with Crippen LogP contribution in [0.4, 0.5) is 14.7 Å². The molecule has 0 saturated carbocycles. The smallest absolute Gasteiger partial charge is 0.243 e. The van der Waals surface area contributed by atoms with Gasteiger partial charge in [0.1, 0.15) is 11.6 Å². The first-order valence-corrected chi connectivity index (χ1v) is 6.75. The van der Waals surface area contributed by atoms with Crippen LogP contribution in [-0.2, 0) is 11.3 Å². The summed E-state index contributed by atoms with van der Waals surface area (Å²) < 4.78 is 31.4. The molecule has 0 aliphatic carbocycles. The monoisotopic (exact) mass is 309 g/mol. The number of hydrogen-bond acceptors (Lipinski definition) is 4. The van der Waals surface area contributed by atoms with E-state index in [1.165, 1.54) is 12.1 Å². The zero-order chi connectivity index (χ0) is 16.3. The largest absolute Gasteiger partial charge is 0.338 e. The molecule has 1 aromatic carbocycles. The molecule has 1 N–H and O–H groups in total. The molecule has 118 valence electrons. The number of halogens is 2. The first kappa shape index (κ1) is 16.1. The van der Waals surface area contributed by atoms with Crippen molar-refractivity contribution in [3.63, 3.8) is 0 Å². The number of benzene rings is 1. The van der Waals surface area contributed by atoms with Crippen LogP contribution in [0.15, 0.2) is 28.8 Å². The van der Waals surface area contributed by atoms with Crippen LogP contribution in [0, 0.1) is 18.6 Å². The van der Waals surface area contributed by atoms with E-state index in [4.69, 9.17) is 4.52 Å². The Bertz CT molecular complexity index is 673. The summed E-state index contributed by atoms with van der Waals surface area (Å²) in [6, 6.07) is 4.45. The molecule has 7 heteroatoms. The molecule has 0 saturated heterocycles. The van der Waals surface area contributed by atoms with Gasteiger partial charge in [0.2, 0.25) is 11.8 Å². The van der Waals surface area contributed by atoms with E-state index in [1.807, 2.05) is 0 Å². The molecule has 2 aromatic rings. The molecule has 0 fully saturated rings. The third kappa shape index (κ3) is 3.88. The molecule has 0 aliphatic heterocycles. The Kier molecular flexibility index (Phi) is 4.87. The molecule has 1 heterocycles. The minimum atomic E-state index is -0.634. The topological polar surface area (TPSA) is 58.4 Å². The highest BCUT2D eigenvalue weighted by atomic mass is 19.1. The van der Waals surface area contributed by atoms with Crippen LogP contribution in [0.5, 0.6) is 0 Å². The zero-order valence-electron chi connectivity index (χ0n) is 12.6. The molecule has 1 atom stereocenters.